The smallest absolute Gasteiger partial charge is 0.209 e. The van der Waals surface area contributed by atoms with Crippen molar-refractivity contribution in [1.82, 2.24) is 4.98 Å². The van der Waals surface area contributed by atoms with Crippen LogP contribution in [0.1, 0.15) is 16.0 Å². The van der Waals surface area contributed by atoms with Gasteiger partial charge in [-0.2, -0.15) is 0 Å². The maximum atomic E-state index is 5.39. The number of nitrogens with zero attached hydrogens (tertiary/aromatic N) is 2. The van der Waals surface area contributed by atoms with Crippen LogP contribution in [-0.2, 0) is 6.42 Å². The molecule has 1 aliphatic rings. The van der Waals surface area contributed by atoms with E-state index in [-0.39, 0.29) is 0 Å². The van der Waals surface area contributed by atoms with Crippen molar-refractivity contribution >= 4 is 22.7 Å². The fourth-order valence-electron chi connectivity index (χ4n) is 3.04. The Labute approximate surface area is 155 Å². The van der Waals surface area contributed by atoms with Crippen molar-refractivity contribution in [1.29, 1.82) is 0 Å². The standard InChI is InChI=1S/C20H18N2O3S/c1-23-14-4-6-16-12(8-14)10-18-19(16)22-20(26-18)21-11-13-9-15(24-2)5-7-17(13)25-3/h4-9,11H,10H2,1-3H3/b21-11+. The van der Waals surface area contributed by atoms with E-state index in [0.717, 1.165) is 45.6 Å². The molecule has 0 fully saturated rings. The highest BCUT2D eigenvalue weighted by Gasteiger charge is 2.23. The molecule has 0 radical (unpaired) electrons. The van der Waals surface area contributed by atoms with E-state index in [9.17, 15) is 0 Å². The number of hydrogen-bond donors (Lipinski definition) is 0. The van der Waals surface area contributed by atoms with E-state index in [0.29, 0.717) is 0 Å². The van der Waals surface area contributed by atoms with Crippen molar-refractivity contribution in [2.75, 3.05) is 21.3 Å². The van der Waals surface area contributed by atoms with Crippen LogP contribution in [0.2, 0.25) is 0 Å². The highest BCUT2D eigenvalue weighted by molar-refractivity contribution is 7.15. The molecule has 3 aromatic rings. The predicted octanol–water partition coefficient (Wildman–Crippen LogP) is 4.49. The molecular formula is C20H18N2O3S. The summed E-state index contributed by atoms with van der Waals surface area (Å²) in [6, 6.07) is 11.7. The van der Waals surface area contributed by atoms with Crippen LogP contribution < -0.4 is 14.2 Å². The van der Waals surface area contributed by atoms with Gasteiger partial charge in [0.2, 0.25) is 5.13 Å². The summed E-state index contributed by atoms with van der Waals surface area (Å²) >= 11 is 1.61. The molecule has 0 unspecified atom stereocenters. The summed E-state index contributed by atoms with van der Waals surface area (Å²) in [6.45, 7) is 0. The average Bonchev–Trinajstić information content (AvgIpc) is 3.22. The van der Waals surface area contributed by atoms with Crippen LogP contribution in [0, 0.1) is 0 Å². The lowest BCUT2D eigenvalue weighted by atomic mass is 10.1. The van der Waals surface area contributed by atoms with Gasteiger partial charge in [-0.25, -0.2) is 9.98 Å². The van der Waals surface area contributed by atoms with Crippen LogP contribution >= 0.6 is 11.3 Å². The van der Waals surface area contributed by atoms with Gasteiger partial charge in [0.25, 0.3) is 0 Å². The molecule has 0 atom stereocenters. The largest absolute Gasteiger partial charge is 0.497 e. The fourth-order valence-corrected chi connectivity index (χ4v) is 3.98. The Kier molecular flexibility index (Phi) is 4.34. The van der Waals surface area contributed by atoms with E-state index in [2.05, 4.69) is 17.1 Å². The quantitative estimate of drug-likeness (QED) is 0.488. The van der Waals surface area contributed by atoms with E-state index in [4.69, 9.17) is 19.2 Å². The van der Waals surface area contributed by atoms with Crippen molar-refractivity contribution in [2.45, 2.75) is 6.42 Å². The van der Waals surface area contributed by atoms with Gasteiger partial charge in [0.1, 0.15) is 17.2 Å². The first-order chi connectivity index (χ1) is 12.7. The Morgan fingerprint density at radius 3 is 2.54 bits per heavy atom. The second-order valence-corrected chi connectivity index (χ2v) is 6.90. The number of benzene rings is 2. The second kappa shape index (κ2) is 6.80. The van der Waals surface area contributed by atoms with Gasteiger partial charge in [0.05, 0.1) is 27.0 Å². The third-order valence-electron chi connectivity index (χ3n) is 4.36. The summed E-state index contributed by atoms with van der Waals surface area (Å²) in [7, 11) is 4.97. The monoisotopic (exact) mass is 366 g/mol. The molecule has 0 aliphatic heterocycles. The van der Waals surface area contributed by atoms with Gasteiger partial charge in [-0.05, 0) is 42.0 Å². The van der Waals surface area contributed by atoms with Crippen LogP contribution in [-0.4, -0.2) is 32.5 Å². The Morgan fingerprint density at radius 2 is 1.77 bits per heavy atom. The molecule has 0 N–H and O–H groups in total. The van der Waals surface area contributed by atoms with Crippen LogP contribution in [0.4, 0.5) is 5.13 Å². The minimum Gasteiger partial charge on any atom is -0.497 e. The number of fused-ring (bicyclic) bond motifs is 3. The number of ether oxygens (including phenoxy) is 3. The molecule has 1 aromatic heterocycles. The first-order valence-electron chi connectivity index (χ1n) is 8.15. The first kappa shape index (κ1) is 16.6. The summed E-state index contributed by atoms with van der Waals surface area (Å²) in [6.07, 6.45) is 2.64. The molecule has 0 amide bonds. The molecule has 0 bridgehead atoms. The summed E-state index contributed by atoms with van der Waals surface area (Å²) in [4.78, 5) is 10.5. The third-order valence-corrected chi connectivity index (χ3v) is 5.32. The molecule has 4 rings (SSSR count). The molecule has 132 valence electrons. The van der Waals surface area contributed by atoms with Gasteiger partial charge in [0, 0.05) is 28.6 Å². The molecule has 0 saturated heterocycles. The number of rotatable bonds is 5. The third kappa shape index (κ3) is 2.93. The zero-order chi connectivity index (χ0) is 18.1. The van der Waals surface area contributed by atoms with Gasteiger partial charge in [-0.1, -0.05) is 11.3 Å². The molecule has 1 aliphatic carbocycles. The summed E-state index contributed by atoms with van der Waals surface area (Å²) in [5.74, 6) is 2.38. The lowest BCUT2D eigenvalue weighted by Gasteiger charge is -2.06. The summed E-state index contributed by atoms with van der Waals surface area (Å²) in [5, 5.41) is 0.737. The predicted molar refractivity (Wildman–Crippen MR) is 104 cm³/mol. The Balaban J connectivity index is 1.63. The lowest BCUT2D eigenvalue weighted by molar-refractivity contribution is 0.402. The highest BCUT2D eigenvalue weighted by atomic mass is 32.1. The van der Waals surface area contributed by atoms with Crippen LogP contribution in [0.25, 0.3) is 11.3 Å². The summed E-state index contributed by atoms with van der Waals surface area (Å²) < 4.78 is 16.0. The van der Waals surface area contributed by atoms with E-state index in [1.54, 1.807) is 38.9 Å². The van der Waals surface area contributed by atoms with Crippen molar-refractivity contribution in [3.05, 3.63) is 52.4 Å². The van der Waals surface area contributed by atoms with Gasteiger partial charge >= 0.3 is 0 Å². The van der Waals surface area contributed by atoms with Gasteiger partial charge in [-0.15, -0.1) is 0 Å². The van der Waals surface area contributed by atoms with E-state index in [1.807, 2.05) is 24.3 Å². The van der Waals surface area contributed by atoms with Crippen LogP contribution in [0.5, 0.6) is 17.2 Å². The van der Waals surface area contributed by atoms with Crippen LogP contribution in [0.3, 0.4) is 0 Å². The van der Waals surface area contributed by atoms with Crippen LogP contribution in [0.15, 0.2) is 41.4 Å². The SMILES string of the molecule is COc1ccc(OC)c(/C=N/c2nc3c(s2)Cc2cc(OC)ccc2-3)c1. The first-order valence-corrected chi connectivity index (χ1v) is 8.96. The van der Waals surface area contributed by atoms with Gasteiger partial charge < -0.3 is 14.2 Å². The normalized spacial score (nSPS) is 12.1. The Morgan fingerprint density at radius 1 is 1.00 bits per heavy atom. The molecule has 0 saturated carbocycles. The molecule has 5 nitrogen and oxygen atoms in total. The van der Waals surface area contributed by atoms with Crippen molar-refractivity contribution in [3.63, 3.8) is 0 Å². The van der Waals surface area contributed by atoms with Crippen molar-refractivity contribution in [2.24, 2.45) is 4.99 Å². The number of hydrogen-bond acceptors (Lipinski definition) is 6. The number of methoxy groups -OCH3 is 3. The minimum atomic E-state index is 0.737. The highest BCUT2D eigenvalue weighted by Crippen LogP contribution is 2.43. The van der Waals surface area contributed by atoms with Gasteiger partial charge in [0.15, 0.2) is 0 Å². The maximum absolute atomic E-state index is 5.39. The Hall–Kier alpha value is -2.86. The lowest BCUT2D eigenvalue weighted by Crippen LogP contribution is -1.92. The van der Waals surface area contributed by atoms with E-state index >= 15 is 0 Å². The molecule has 0 spiro atoms. The van der Waals surface area contributed by atoms with E-state index < -0.39 is 0 Å². The number of aromatic nitrogens is 1. The Bertz CT molecular complexity index is 995. The average molecular weight is 366 g/mol. The molecule has 6 heteroatoms. The molecule has 26 heavy (non-hydrogen) atoms. The zero-order valence-corrected chi connectivity index (χ0v) is 15.6. The summed E-state index contributed by atoms with van der Waals surface area (Å²) in [5.41, 5.74) is 4.30. The van der Waals surface area contributed by atoms with Crippen molar-refractivity contribution < 1.29 is 14.2 Å². The van der Waals surface area contributed by atoms with Crippen molar-refractivity contribution in [3.8, 4) is 28.5 Å². The number of aliphatic imine (C=N–C) groups is 1. The fraction of sp³-hybridized carbons (Fsp3) is 0.200. The minimum absolute atomic E-state index is 0.737. The van der Waals surface area contributed by atoms with Gasteiger partial charge in [-0.3, -0.25) is 0 Å². The molecule has 1 heterocycles. The molecular weight excluding hydrogens is 348 g/mol. The zero-order valence-electron chi connectivity index (χ0n) is 14.8. The topological polar surface area (TPSA) is 52.9 Å². The molecule has 2 aromatic carbocycles. The maximum Gasteiger partial charge on any atom is 0.209 e. The second-order valence-electron chi connectivity index (χ2n) is 5.83. The van der Waals surface area contributed by atoms with E-state index in [1.165, 1.54) is 10.4 Å². The number of thiazole rings is 1.